The number of nitrogen functional groups attached to an aromatic ring is 1. The van der Waals surface area contributed by atoms with Crippen LogP contribution in [0.5, 0.6) is 0 Å². The van der Waals surface area contributed by atoms with Crippen LogP contribution in [-0.2, 0) is 0 Å². The quantitative estimate of drug-likeness (QED) is 0.403. The molecule has 10 heteroatoms. The van der Waals surface area contributed by atoms with Crippen molar-refractivity contribution in [2.75, 3.05) is 16.6 Å². The molecule has 0 radical (unpaired) electrons. The van der Waals surface area contributed by atoms with Crippen LogP contribution in [0.3, 0.4) is 0 Å². The van der Waals surface area contributed by atoms with Gasteiger partial charge in [0.05, 0.1) is 0 Å². The van der Waals surface area contributed by atoms with Crippen LogP contribution in [0.1, 0.15) is 26.3 Å². The van der Waals surface area contributed by atoms with E-state index < -0.39 is 0 Å². The minimum Gasteiger partial charge on any atom is -0.393 e. The summed E-state index contributed by atoms with van der Waals surface area (Å²) in [6.45, 7) is 1.83. The third-order valence-corrected chi connectivity index (χ3v) is 3.80. The molecule has 142 valence electrons. The lowest BCUT2D eigenvalue weighted by molar-refractivity contribution is 0.0954. The number of carbonyl (C=O) groups is 2. The number of rotatable bonds is 6. The van der Waals surface area contributed by atoms with Gasteiger partial charge in [0.1, 0.15) is 12.0 Å². The minimum absolute atomic E-state index is 0.114. The molecule has 0 saturated carbocycles. The molecule has 3 aromatic rings. The van der Waals surface area contributed by atoms with Crippen molar-refractivity contribution in [1.82, 2.24) is 25.8 Å². The first kappa shape index (κ1) is 18.6. The van der Waals surface area contributed by atoms with Gasteiger partial charge in [-0.05, 0) is 30.7 Å². The van der Waals surface area contributed by atoms with Crippen molar-refractivity contribution in [3.63, 3.8) is 0 Å². The van der Waals surface area contributed by atoms with Gasteiger partial charge in [-0.2, -0.15) is 0 Å². The van der Waals surface area contributed by atoms with Crippen LogP contribution in [0.4, 0.5) is 17.3 Å². The molecule has 0 aliphatic heterocycles. The number of carbonyl (C=O) groups excluding carboxylic acids is 2. The highest BCUT2D eigenvalue weighted by atomic mass is 16.2. The molecule has 0 aliphatic carbocycles. The number of aromatic nitrogens is 3. The number of anilines is 3. The van der Waals surface area contributed by atoms with Gasteiger partial charge in [0.2, 0.25) is 0 Å². The molecule has 1 aromatic carbocycles. The van der Waals surface area contributed by atoms with E-state index >= 15 is 0 Å². The SMILES string of the molecule is Cc1ccccc1C(=O)NNc1ncnc(NNC(=O)c2ccncc2)c1N. The van der Waals surface area contributed by atoms with Crippen molar-refractivity contribution in [1.29, 1.82) is 0 Å². The fourth-order valence-corrected chi connectivity index (χ4v) is 2.30. The second-order valence-corrected chi connectivity index (χ2v) is 5.69. The zero-order valence-corrected chi connectivity index (χ0v) is 14.9. The van der Waals surface area contributed by atoms with Crippen molar-refractivity contribution in [2.24, 2.45) is 0 Å². The molecule has 3 rings (SSSR count). The molecule has 0 aliphatic rings. The molecule has 28 heavy (non-hydrogen) atoms. The summed E-state index contributed by atoms with van der Waals surface area (Å²) in [5, 5.41) is 0. The Balaban J connectivity index is 1.63. The molecule has 2 amide bonds. The first-order chi connectivity index (χ1) is 13.6. The molecule has 0 fully saturated rings. The molecule has 2 heterocycles. The van der Waals surface area contributed by atoms with Crippen LogP contribution in [0.25, 0.3) is 0 Å². The summed E-state index contributed by atoms with van der Waals surface area (Å²) in [7, 11) is 0. The lowest BCUT2D eigenvalue weighted by Crippen LogP contribution is -2.32. The molecule has 10 nitrogen and oxygen atoms in total. The smallest absolute Gasteiger partial charge is 0.269 e. The highest BCUT2D eigenvalue weighted by molar-refractivity contribution is 5.97. The third-order valence-electron chi connectivity index (χ3n) is 3.80. The van der Waals surface area contributed by atoms with Gasteiger partial charge in [-0.25, -0.2) is 9.97 Å². The maximum atomic E-state index is 12.3. The number of nitrogens with zero attached hydrogens (tertiary/aromatic N) is 3. The summed E-state index contributed by atoms with van der Waals surface area (Å²) < 4.78 is 0. The summed E-state index contributed by atoms with van der Waals surface area (Å²) in [6.07, 6.45) is 4.25. The Kier molecular flexibility index (Phi) is 5.60. The Bertz CT molecular complexity index is 994. The standard InChI is InChI=1S/C18H18N8O2/c1-11-4-2-3-5-13(11)18(28)26-24-16-14(19)15(21-10-22-16)23-25-17(27)12-6-8-20-9-7-12/h2-10H,19H2,1H3,(H,25,27)(H,26,28)(H2,21,22,23,24). The second-order valence-electron chi connectivity index (χ2n) is 5.69. The largest absolute Gasteiger partial charge is 0.393 e. The lowest BCUT2D eigenvalue weighted by atomic mass is 10.1. The van der Waals surface area contributed by atoms with Crippen molar-refractivity contribution in [3.8, 4) is 0 Å². The van der Waals surface area contributed by atoms with E-state index in [0.717, 1.165) is 5.56 Å². The Morgan fingerprint density at radius 3 is 2.14 bits per heavy atom. The zero-order chi connectivity index (χ0) is 19.9. The highest BCUT2D eigenvalue weighted by Crippen LogP contribution is 2.21. The number of amides is 2. The Morgan fingerprint density at radius 2 is 1.50 bits per heavy atom. The normalized spacial score (nSPS) is 10.0. The van der Waals surface area contributed by atoms with E-state index in [0.29, 0.717) is 11.1 Å². The summed E-state index contributed by atoms with van der Waals surface area (Å²) in [5.74, 6) is -0.373. The van der Waals surface area contributed by atoms with Crippen molar-refractivity contribution in [3.05, 3.63) is 71.8 Å². The average molecular weight is 378 g/mol. The summed E-state index contributed by atoms with van der Waals surface area (Å²) >= 11 is 0. The number of pyridine rings is 1. The van der Waals surface area contributed by atoms with E-state index in [-0.39, 0.29) is 29.1 Å². The maximum absolute atomic E-state index is 12.3. The monoisotopic (exact) mass is 378 g/mol. The molecular formula is C18H18N8O2. The Morgan fingerprint density at radius 1 is 0.893 bits per heavy atom. The molecule has 0 spiro atoms. The van der Waals surface area contributed by atoms with E-state index in [1.165, 1.54) is 18.7 Å². The van der Waals surface area contributed by atoms with Crippen molar-refractivity contribution >= 4 is 29.1 Å². The number of nitrogens with two attached hydrogens (primary N) is 1. The number of aryl methyl sites for hydroxylation is 1. The fraction of sp³-hybridized carbons (Fsp3) is 0.0556. The van der Waals surface area contributed by atoms with Crippen molar-refractivity contribution < 1.29 is 9.59 Å². The van der Waals surface area contributed by atoms with Gasteiger partial charge >= 0.3 is 0 Å². The van der Waals surface area contributed by atoms with Gasteiger partial charge in [-0.3, -0.25) is 36.3 Å². The van der Waals surface area contributed by atoms with Crippen LogP contribution in [0.2, 0.25) is 0 Å². The third kappa shape index (κ3) is 4.30. The fourth-order valence-electron chi connectivity index (χ4n) is 2.30. The Hall–Kier alpha value is -4.21. The van der Waals surface area contributed by atoms with Gasteiger partial charge in [0, 0.05) is 23.5 Å². The van der Waals surface area contributed by atoms with Gasteiger partial charge in [0.25, 0.3) is 11.8 Å². The van der Waals surface area contributed by atoms with Crippen LogP contribution >= 0.6 is 0 Å². The van der Waals surface area contributed by atoms with Gasteiger partial charge < -0.3 is 5.73 Å². The van der Waals surface area contributed by atoms with Crippen LogP contribution in [-0.4, -0.2) is 26.8 Å². The van der Waals surface area contributed by atoms with E-state index in [9.17, 15) is 9.59 Å². The number of benzene rings is 1. The first-order valence-electron chi connectivity index (χ1n) is 8.25. The molecule has 0 unspecified atom stereocenters. The number of hydrazine groups is 2. The predicted molar refractivity (Wildman–Crippen MR) is 104 cm³/mol. The summed E-state index contributed by atoms with van der Waals surface area (Å²) in [4.78, 5) is 36.1. The van der Waals surface area contributed by atoms with Crippen LogP contribution in [0, 0.1) is 6.92 Å². The number of hydrogen-bond acceptors (Lipinski definition) is 8. The minimum atomic E-state index is -0.386. The van der Waals surface area contributed by atoms with Crippen molar-refractivity contribution in [2.45, 2.75) is 6.92 Å². The highest BCUT2D eigenvalue weighted by Gasteiger charge is 2.12. The van der Waals surface area contributed by atoms with Gasteiger partial charge in [0.15, 0.2) is 11.6 Å². The lowest BCUT2D eigenvalue weighted by Gasteiger charge is -2.14. The zero-order valence-electron chi connectivity index (χ0n) is 14.9. The molecular weight excluding hydrogens is 360 g/mol. The topological polar surface area (TPSA) is 147 Å². The molecule has 0 atom stereocenters. The van der Waals surface area contributed by atoms with E-state index in [4.69, 9.17) is 5.73 Å². The molecule has 0 saturated heterocycles. The number of nitrogens with one attached hydrogen (secondary N) is 4. The number of hydrogen-bond donors (Lipinski definition) is 5. The molecule has 0 bridgehead atoms. The molecule has 6 N–H and O–H groups in total. The second kappa shape index (κ2) is 8.45. The van der Waals surface area contributed by atoms with Gasteiger partial charge in [-0.15, -0.1) is 0 Å². The van der Waals surface area contributed by atoms with Crippen LogP contribution < -0.4 is 27.4 Å². The predicted octanol–water partition coefficient (Wildman–Crippen LogP) is 1.28. The Labute approximate surface area is 160 Å². The maximum Gasteiger partial charge on any atom is 0.269 e. The summed E-state index contributed by atoms with van der Waals surface area (Å²) in [5.41, 5.74) is 18.2. The summed E-state index contributed by atoms with van der Waals surface area (Å²) in [6, 6.07) is 10.3. The van der Waals surface area contributed by atoms with Gasteiger partial charge in [-0.1, -0.05) is 18.2 Å². The van der Waals surface area contributed by atoms with E-state index in [1.54, 1.807) is 24.3 Å². The average Bonchev–Trinajstić information content (AvgIpc) is 2.72. The molecule has 2 aromatic heterocycles. The van der Waals surface area contributed by atoms with E-state index in [2.05, 4.69) is 36.7 Å². The first-order valence-corrected chi connectivity index (χ1v) is 8.25. The van der Waals surface area contributed by atoms with E-state index in [1.807, 2.05) is 19.1 Å². The van der Waals surface area contributed by atoms with Crippen LogP contribution in [0.15, 0.2) is 55.1 Å².